The minimum Gasteiger partial charge on any atom is -0.497 e. The zero-order valence-corrected chi connectivity index (χ0v) is 20.8. The Labute approximate surface area is 208 Å². The van der Waals surface area contributed by atoms with Crippen LogP contribution in [0.3, 0.4) is 0 Å². The Morgan fingerprint density at radius 2 is 1.64 bits per heavy atom. The summed E-state index contributed by atoms with van der Waals surface area (Å²) in [4.78, 5) is 27.9. The number of ether oxygens (including phenoxy) is 2. The van der Waals surface area contributed by atoms with E-state index >= 15 is 0 Å². The molecule has 3 aromatic carbocycles. The third kappa shape index (κ3) is 7.21. The summed E-state index contributed by atoms with van der Waals surface area (Å²) in [6.45, 7) is 0.0733. The van der Waals surface area contributed by atoms with Crippen LogP contribution in [-0.4, -0.2) is 43.5 Å². The standard InChI is InChI=1S/C26H27IN2O4/c1-28-26(31)24(16-19-7-4-3-5-8-19)29(17-20-9-6-10-23(15-20)32-2)25(30)18-33-22-13-11-21(27)12-14-22/h3-15,24H,16-18H2,1-2H3,(H,28,31). The maximum absolute atomic E-state index is 13.4. The number of carbonyl (C=O) groups is 2. The summed E-state index contributed by atoms with van der Waals surface area (Å²) < 4.78 is 12.2. The molecule has 0 radical (unpaired) electrons. The number of methoxy groups -OCH3 is 1. The van der Waals surface area contributed by atoms with Crippen LogP contribution in [0.2, 0.25) is 0 Å². The summed E-state index contributed by atoms with van der Waals surface area (Å²) in [6.07, 6.45) is 0.389. The van der Waals surface area contributed by atoms with E-state index in [0.29, 0.717) is 17.9 Å². The molecule has 3 aromatic rings. The molecule has 0 aliphatic heterocycles. The van der Waals surface area contributed by atoms with E-state index in [1.54, 1.807) is 19.1 Å². The molecule has 1 unspecified atom stereocenters. The first-order valence-electron chi connectivity index (χ1n) is 10.6. The molecule has 0 spiro atoms. The van der Waals surface area contributed by atoms with Crippen LogP contribution < -0.4 is 14.8 Å². The van der Waals surface area contributed by atoms with Crippen molar-refractivity contribution >= 4 is 34.4 Å². The molecule has 0 fully saturated rings. The summed E-state index contributed by atoms with van der Waals surface area (Å²) in [5.41, 5.74) is 1.83. The maximum atomic E-state index is 13.4. The number of halogens is 1. The van der Waals surface area contributed by atoms with Crippen LogP contribution in [0.1, 0.15) is 11.1 Å². The van der Waals surface area contributed by atoms with E-state index in [9.17, 15) is 9.59 Å². The molecule has 0 heterocycles. The number of carbonyl (C=O) groups excluding carboxylic acids is 2. The molecule has 0 aliphatic rings. The number of amides is 2. The number of benzene rings is 3. The lowest BCUT2D eigenvalue weighted by atomic mass is 10.0. The largest absolute Gasteiger partial charge is 0.497 e. The van der Waals surface area contributed by atoms with E-state index in [-0.39, 0.29) is 25.0 Å². The highest BCUT2D eigenvalue weighted by atomic mass is 127. The fraction of sp³-hybridized carbons (Fsp3) is 0.231. The molecule has 0 bridgehead atoms. The highest BCUT2D eigenvalue weighted by molar-refractivity contribution is 14.1. The van der Waals surface area contributed by atoms with Crippen molar-refractivity contribution in [3.63, 3.8) is 0 Å². The fourth-order valence-electron chi connectivity index (χ4n) is 3.45. The average Bonchev–Trinajstić information content (AvgIpc) is 2.86. The highest BCUT2D eigenvalue weighted by Gasteiger charge is 2.30. The lowest BCUT2D eigenvalue weighted by Crippen LogP contribution is -2.51. The summed E-state index contributed by atoms with van der Waals surface area (Å²) >= 11 is 2.21. The van der Waals surface area contributed by atoms with Gasteiger partial charge >= 0.3 is 0 Å². The van der Waals surface area contributed by atoms with Gasteiger partial charge in [-0.2, -0.15) is 0 Å². The van der Waals surface area contributed by atoms with Crippen molar-refractivity contribution in [2.24, 2.45) is 0 Å². The molecule has 7 heteroatoms. The number of rotatable bonds is 10. The van der Waals surface area contributed by atoms with E-state index < -0.39 is 6.04 Å². The normalized spacial score (nSPS) is 11.4. The second kappa shape index (κ2) is 12.2. The molecule has 0 saturated heterocycles. The molecule has 0 aromatic heterocycles. The van der Waals surface area contributed by atoms with Crippen LogP contribution in [-0.2, 0) is 22.6 Å². The van der Waals surface area contributed by atoms with E-state index in [4.69, 9.17) is 9.47 Å². The fourth-order valence-corrected chi connectivity index (χ4v) is 3.81. The minimum atomic E-state index is -0.698. The molecule has 1 atom stereocenters. The van der Waals surface area contributed by atoms with Gasteiger partial charge in [0.05, 0.1) is 7.11 Å². The lowest BCUT2D eigenvalue weighted by molar-refractivity contribution is -0.142. The average molecular weight is 558 g/mol. The number of hydrogen-bond acceptors (Lipinski definition) is 4. The Balaban J connectivity index is 1.87. The first-order valence-corrected chi connectivity index (χ1v) is 11.6. The van der Waals surface area contributed by atoms with Gasteiger partial charge in [-0.15, -0.1) is 0 Å². The van der Waals surface area contributed by atoms with Gasteiger partial charge in [-0.05, 0) is 70.1 Å². The van der Waals surface area contributed by atoms with Crippen molar-refractivity contribution in [3.8, 4) is 11.5 Å². The van der Waals surface area contributed by atoms with Gasteiger partial charge in [0.1, 0.15) is 17.5 Å². The van der Waals surface area contributed by atoms with Gasteiger partial charge in [0, 0.05) is 23.6 Å². The Morgan fingerprint density at radius 1 is 0.939 bits per heavy atom. The van der Waals surface area contributed by atoms with Crippen LogP contribution in [0, 0.1) is 3.57 Å². The van der Waals surface area contributed by atoms with Gasteiger partial charge < -0.3 is 19.7 Å². The van der Waals surface area contributed by atoms with E-state index in [1.165, 1.54) is 0 Å². The third-order valence-corrected chi connectivity index (χ3v) is 5.90. The summed E-state index contributed by atoms with van der Waals surface area (Å²) in [7, 11) is 3.18. The van der Waals surface area contributed by atoms with Gasteiger partial charge in [0.25, 0.3) is 5.91 Å². The predicted octanol–water partition coefficient (Wildman–Crippen LogP) is 4.06. The Bertz CT molecular complexity index is 1060. The van der Waals surface area contributed by atoms with Crippen molar-refractivity contribution < 1.29 is 19.1 Å². The van der Waals surface area contributed by atoms with Gasteiger partial charge in [-0.1, -0.05) is 42.5 Å². The highest BCUT2D eigenvalue weighted by Crippen LogP contribution is 2.19. The number of hydrogen-bond donors (Lipinski definition) is 1. The van der Waals surface area contributed by atoms with Crippen LogP contribution >= 0.6 is 22.6 Å². The Morgan fingerprint density at radius 3 is 2.30 bits per heavy atom. The van der Waals surface area contributed by atoms with Crippen molar-refractivity contribution in [1.82, 2.24) is 10.2 Å². The smallest absolute Gasteiger partial charge is 0.261 e. The topological polar surface area (TPSA) is 67.9 Å². The first-order chi connectivity index (χ1) is 16.0. The van der Waals surface area contributed by atoms with Gasteiger partial charge in [0.15, 0.2) is 6.61 Å². The molecule has 1 N–H and O–H groups in total. The van der Waals surface area contributed by atoms with Crippen LogP contribution in [0.4, 0.5) is 0 Å². The molecular weight excluding hydrogens is 531 g/mol. The predicted molar refractivity (Wildman–Crippen MR) is 136 cm³/mol. The second-order valence-electron chi connectivity index (χ2n) is 7.44. The quantitative estimate of drug-likeness (QED) is 0.382. The van der Waals surface area contributed by atoms with Crippen molar-refractivity contribution in [1.29, 1.82) is 0 Å². The number of nitrogens with one attached hydrogen (secondary N) is 1. The molecule has 0 aliphatic carbocycles. The van der Waals surface area contributed by atoms with Crippen LogP contribution in [0.25, 0.3) is 0 Å². The van der Waals surface area contributed by atoms with Crippen molar-refractivity contribution in [2.45, 2.75) is 19.0 Å². The third-order valence-electron chi connectivity index (χ3n) is 5.18. The van der Waals surface area contributed by atoms with E-state index in [2.05, 4.69) is 27.9 Å². The lowest BCUT2D eigenvalue weighted by Gasteiger charge is -2.31. The van der Waals surface area contributed by atoms with E-state index in [1.807, 2.05) is 78.9 Å². The van der Waals surface area contributed by atoms with Crippen LogP contribution in [0.15, 0.2) is 78.9 Å². The molecule has 3 rings (SSSR count). The van der Waals surface area contributed by atoms with Crippen molar-refractivity contribution in [2.75, 3.05) is 20.8 Å². The van der Waals surface area contributed by atoms with Crippen molar-refractivity contribution in [3.05, 3.63) is 93.6 Å². The summed E-state index contributed by atoms with van der Waals surface area (Å²) in [5, 5.41) is 2.71. The maximum Gasteiger partial charge on any atom is 0.261 e. The Hall–Kier alpha value is -3.07. The first kappa shape index (κ1) is 24.6. The zero-order chi connectivity index (χ0) is 23.6. The van der Waals surface area contributed by atoms with Gasteiger partial charge in [0.2, 0.25) is 5.91 Å². The Kier molecular flexibility index (Phi) is 9.12. The molecule has 172 valence electrons. The molecular formula is C26H27IN2O4. The van der Waals surface area contributed by atoms with E-state index in [0.717, 1.165) is 14.7 Å². The zero-order valence-electron chi connectivity index (χ0n) is 18.7. The molecule has 33 heavy (non-hydrogen) atoms. The minimum absolute atomic E-state index is 0.174. The molecule has 0 saturated carbocycles. The summed E-state index contributed by atoms with van der Waals surface area (Å²) in [5.74, 6) is 0.782. The number of likely N-dealkylation sites (N-methyl/N-ethyl adjacent to an activating group) is 1. The monoisotopic (exact) mass is 558 g/mol. The number of nitrogens with zero attached hydrogens (tertiary/aromatic N) is 1. The summed E-state index contributed by atoms with van der Waals surface area (Å²) in [6, 6.07) is 23.9. The van der Waals surface area contributed by atoms with Crippen LogP contribution in [0.5, 0.6) is 11.5 Å². The van der Waals surface area contributed by atoms with Gasteiger partial charge in [-0.3, -0.25) is 9.59 Å². The molecule has 6 nitrogen and oxygen atoms in total. The SMILES string of the molecule is CNC(=O)C(Cc1ccccc1)N(Cc1cccc(OC)c1)C(=O)COc1ccc(I)cc1. The van der Waals surface area contributed by atoms with Gasteiger partial charge in [-0.25, -0.2) is 0 Å². The second-order valence-corrected chi connectivity index (χ2v) is 8.68. The molecule has 2 amide bonds.